The van der Waals surface area contributed by atoms with Crippen LogP contribution in [0.15, 0.2) is 30.6 Å². The molecule has 2 heterocycles. The van der Waals surface area contributed by atoms with Gasteiger partial charge in [-0.3, -0.25) is 4.98 Å². The highest BCUT2D eigenvalue weighted by atomic mass is 16.5. The fourth-order valence-electron chi connectivity index (χ4n) is 1.45. The van der Waals surface area contributed by atoms with Crippen molar-refractivity contribution in [3.8, 4) is 0 Å². The number of aromatic nitrogens is 1. The molecular weight excluding hydrogens is 162 g/mol. The predicted molar refractivity (Wildman–Crippen MR) is 52.2 cm³/mol. The van der Waals surface area contributed by atoms with Crippen molar-refractivity contribution in [3.63, 3.8) is 0 Å². The van der Waals surface area contributed by atoms with E-state index in [1.165, 1.54) is 12.0 Å². The van der Waals surface area contributed by atoms with Crippen LogP contribution in [0.1, 0.15) is 18.4 Å². The summed E-state index contributed by atoms with van der Waals surface area (Å²) in [6, 6.07) is 3.98. The quantitative estimate of drug-likeness (QED) is 0.688. The van der Waals surface area contributed by atoms with E-state index in [1.54, 1.807) is 12.4 Å². The van der Waals surface area contributed by atoms with Gasteiger partial charge >= 0.3 is 0 Å². The zero-order valence-electron chi connectivity index (χ0n) is 7.52. The summed E-state index contributed by atoms with van der Waals surface area (Å²) < 4.78 is 5.47. The summed E-state index contributed by atoms with van der Waals surface area (Å²) in [5, 5.41) is 0. The number of ether oxygens (including phenoxy) is 1. The maximum Gasteiger partial charge on any atom is 0.0759 e. The van der Waals surface area contributed by atoms with E-state index in [-0.39, 0.29) is 0 Å². The van der Waals surface area contributed by atoms with E-state index in [1.807, 2.05) is 12.1 Å². The van der Waals surface area contributed by atoms with Crippen molar-refractivity contribution in [2.45, 2.75) is 18.9 Å². The molecule has 0 aromatic carbocycles. The van der Waals surface area contributed by atoms with E-state index in [0.717, 1.165) is 13.0 Å². The highest BCUT2D eigenvalue weighted by molar-refractivity contribution is 5.48. The average molecular weight is 175 g/mol. The molecular formula is C11H13NO. The number of nitrogens with zero attached hydrogens (tertiary/aromatic N) is 1. The van der Waals surface area contributed by atoms with Crippen LogP contribution in [0, 0.1) is 0 Å². The molecule has 2 heteroatoms. The lowest BCUT2D eigenvalue weighted by Gasteiger charge is -2.00. The molecule has 0 amide bonds. The molecule has 2 rings (SSSR count). The van der Waals surface area contributed by atoms with E-state index >= 15 is 0 Å². The average Bonchev–Trinajstić information content (AvgIpc) is 2.69. The highest BCUT2D eigenvalue weighted by Gasteiger charge is 2.10. The maximum atomic E-state index is 5.47. The third-order valence-electron chi connectivity index (χ3n) is 2.17. The van der Waals surface area contributed by atoms with Crippen molar-refractivity contribution in [3.05, 3.63) is 36.2 Å². The van der Waals surface area contributed by atoms with Crippen molar-refractivity contribution in [1.29, 1.82) is 0 Å². The molecule has 1 saturated heterocycles. The van der Waals surface area contributed by atoms with Gasteiger partial charge in [-0.1, -0.05) is 12.2 Å². The van der Waals surface area contributed by atoms with Crippen molar-refractivity contribution in [2.24, 2.45) is 0 Å². The molecule has 1 unspecified atom stereocenters. The van der Waals surface area contributed by atoms with Gasteiger partial charge in [0.1, 0.15) is 0 Å². The first kappa shape index (κ1) is 8.45. The van der Waals surface area contributed by atoms with Crippen LogP contribution in [0.5, 0.6) is 0 Å². The minimum atomic E-state index is 0.327. The van der Waals surface area contributed by atoms with Gasteiger partial charge in [0.25, 0.3) is 0 Å². The zero-order valence-corrected chi connectivity index (χ0v) is 7.52. The van der Waals surface area contributed by atoms with E-state index in [4.69, 9.17) is 4.74 Å². The SMILES string of the molecule is C(=C\C1CCCO1)/c1ccncc1. The molecule has 1 aliphatic heterocycles. The molecule has 1 fully saturated rings. The van der Waals surface area contributed by atoms with Gasteiger partial charge in [0.15, 0.2) is 0 Å². The molecule has 68 valence electrons. The Hall–Kier alpha value is -1.15. The van der Waals surface area contributed by atoms with Crippen molar-refractivity contribution >= 4 is 6.08 Å². The third-order valence-corrected chi connectivity index (χ3v) is 2.17. The van der Waals surface area contributed by atoms with Crippen LogP contribution in [0.4, 0.5) is 0 Å². The van der Waals surface area contributed by atoms with Crippen LogP contribution in [0.25, 0.3) is 6.08 Å². The largest absolute Gasteiger partial charge is 0.374 e. The fourth-order valence-corrected chi connectivity index (χ4v) is 1.45. The van der Waals surface area contributed by atoms with Gasteiger partial charge < -0.3 is 4.74 Å². The van der Waals surface area contributed by atoms with Crippen LogP contribution < -0.4 is 0 Å². The molecule has 0 N–H and O–H groups in total. The van der Waals surface area contributed by atoms with Crippen molar-refractivity contribution in [2.75, 3.05) is 6.61 Å². The predicted octanol–water partition coefficient (Wildman–Crippen LogP) is 2.27. The Morgan fingerprint density at radius 3 is 2.92 bits per heavy atom. The summed E-state index contributed by atoms with van der Waals surface area (Å²) in [6.45, 7) is 0.908. The molecule has 2 nitrogen and oxygen atoms in total. The minimum Gasteiger partial charge on any atom is -0.374 e. The second-order valence-corrected chi connectivity index (χ2v) is 3.19. The Morgan fingerprint density at radius 1 is 1.38 bits per heavy atom. The summed E-state index contributed by atoms with van der Waals surface area (Å²) in [4.78, 5) is 3.96. The Balaban J connectivity index is 1.97. The Labute approximate surface area is 78.3 Å². The number of pyridine rings is 1. The topological polar surface area (TPSA) is 22.1 Å². The van der Waals surface area contributed by atoms with Crippen LogP contribution in [0.3, 0.4) is 0 Å². The van der Waals surface area contributed by atoms with Crippen molar-refractivity contribution < 1.29 is 4.74 Å². The number of hydrogen-bond donors (Lipinski definition) is 0. The first-order valence-electron chi connectivity index (χ1n) is 4.65. The summed E-state index contributed by atoms with van der Waals surface area (Å²) in [5.41, 5.74) is 1.19. The fraction of sp³-hybridized carbons (Fsp3) is 0.364. The molecule has 1 aromatic rings. The summed E-state index contributed by atoms with van der Waals surface area (Å²) >= 11 is 0. The monoisotopic (exact) mass is 175 g/mol. The number of rotatable bonds is 2. The van der Waals surface area contributed by atoms with Gasteiger partial charge in [-0.05, 0) is 30.5 Å². The summed E-state index contributed by atoms with van der Waals surface area (Å²) in [5.74, 6) is 0. The second kappa shape index (κ2) is 4.19. The Bertz CT molecular complexity index is 275. The summed E-state index contributed by atoms with van der Waals surface area (Å²) in [7, 11) is 0. The molecule has 0 saturated carbocycles. The van der Waals surface area contributed by atoms with Crippen molar-refractivity contribution in [1.82, 2.24) is 4.98 Å². The minimum absolute atomic E-state index is 0.327. The smallest absolute Gasteiger partial charge is 0.0759 e. The Kier molecular flexibility index (Phi) is 2.72. The summed E-state index contributed by atoms with van der Waals surface area (Å²) in [6.07, 6.45) is 10.5. The second-order valence-electron chi connectivity index (χ2n) is 3.19. The highest BCUT2D eigenvalue weighted by Crippen LogP contribution is 2.14. The number of hydrogen-bond acceptors (Lipinski definition) is 2. The maximum absolute atomic E-state index is 5.47. The van der Waals surface area contributed by atoms with Gasteiger partial charge in [0.2, 0.25) is 0 Å². The molecule has 1 atom stereocenters. The molecule has 1 aromatic heterocycles. The van der Waals surface area contributed by atoms with Crippen LogP contribution >= 0.6 is 0 Å². The van der Waals surface area contributed by atoms with Gasteiger partial charge in [-0.15, -0.1) is 0 Å². The third kappa shape index (κ3) is 2.39. The molecule has 1 aliphatic rings. The molecule has 13 heavy (non-hydrogen) atoms. The molecule has 0 spiro atoms. The van der Waals surface area contributed by atoms with Crippen LogP contribution in [-0.4, -0.2) is 17.7 Å². The van der Waals surface area contributed by atoms with Gasteiger partial charge in [0.05, 0.1) is 6.10 Å². The first-order valence-corrected chi connectivity index (χ1v) is 4.65. The standard InChI is InChI=1S/C11H13NO/c1-2-11(13-9-1)4-3-10-5-7-12-8-6-10/h3-8,11H,1-2,9H2/b4-3+. The lowest BCUT2D eigenvalue weighted by molar-refractivity contribution is 0.146. The van der Waals surface area contributed by atoms with E-state index in [0.29, 0.717) is 6.10 Å². The lowest BCUT2D eigenvalue weighted by Crippen LogP contribution is -1.98. The first-order chi connectivity index (χ1) is 6.45. The Morgan fingerprint density at radius 2 is 2.23 bits per heavy atom. The zero-order chi connectivity index (χ0) is 8.93. The van der Waals surface area contributed by atoms with Crippen LogP contribution in [-0.2, 0) is 4.74 Å². The lowest BCUT2D eigenvalue weighted by atomic mass is 10.2. The normalized spacial score (nSPS) is 22.6. The van der Waals surface area contributed by atoms with Gasteiger partial charge in [0, 0.05) is 19.0 Å². The van der Waals surface area contributed by atoms with E-state index in [9.17, 15) is 0 Å². The van der Waals surface area contributed by atoms with E-state index < -0.39 is 0 Å². The van der Waals surface area contributed by atoms with Crippen LogP contribution in [0.2, 0.25) is 0 Å². The van der Waals surface area contributed by atoms with E-state index in [2.05, 4.69) is 17.1 Å². The molecule has 0 aliphatic carbocycles. The molecule has 0 radical (unpaired) electrons. The van der Waals surface area contributed by atoms with Gasteiger partial charge in [-0.25, -0.2) is 0 Å². The van der Waals surface area contributed by atoms with Gasteiger partial charge in [-0.2, -0.15) is 0 Å². The molecule has 0 bridgehead atoms.